The lowest BCUT2D eigenvalue weighted by Gasteiger charge is -2.24. The number of aromatic nitrogens is 1. The number of thiazole rings is 1. The molecule has 0 bridgehead atoms. The molecule has 0 aliphatic rings. The minimum Gasteiger partial charge on any atom is -0.384 e. The number of nitrogens with zero attached hydrogens (tertiary/aromatic N) is 1. The Hall–Kier alpha value is -1.23. The molecule has 0 saturated heterocycles. The Morgan fingerprint density at radius 2 is 2.05 bits per heavy atom. The second kappa shape index (κ2) is 6.28. The lowest BCUT2D eigenvalue weighted by molar-refractivity contribution is 0.0566. The number of nitrogens with one attached hydrogen (secondary N) is 1. The molecule has 2 N–H and O–H groups in total. The highest BCUT2D eigenvalue weighted by Crippen LogP contribution is 2.19. The standard InChI is InChI=1S/C15H20N2OS/c1-3-14-17-13(10-19-14)9-16-11-15(2,18)12-7-5-4-6-8-12/h4-8,10,16,18H,3,9,11H2,1-2H3. The van der Waals surface area contributed by atoms with Gasteiger partial charge in [-0.15, -0.1) is 11.3 Å². The summed E-state index contributed by atoms with van der Waals surface area (Å²) in [4.78, 5) is 4.50. The van der Waals surface area contributed by atoms with E-state index in [1.54, 1.807) is 11.3 Å². The molecule has 19 heavy (non-hydrogen) atoms. The van der Waals surface area contributed by atoms with Crippen molar-refractivity contribution in [2.45, 2.75) is 32.4 Å². The average molecular weight is 276 g/mol. The molecule has 1 heterocycles. The van der Waals surface area contributed by atoms with Crippen LogP contribution in [0.1, 0.15) is 30.1 Å². The predicted molar refractivity (Wildman–Crippen MR) is 79.2 cm³/mol. The Morgan fingerprint density at radius 3 is 2.68 bits per heavy atom. The van der Waals surface area contributed by atoms with Gasteiger partial charge < -0.3 is 10.4 Å². The van der Waals surface area contributed by atoms with Crippen LogP contribution < -0.4 is 5.32 Å². The third kappa shape index (κ3) is 3.86. The SMILES string of the molecule is CCc1nc(CNCC(C)(O)c2ccccc2)cs1. The molecule has 3 nitrogen and oxygen atoms in total. The van der Waals surface area contributed by atoms with Gasteiger partial charge in [-0.05, 0) is 18.9 Å². The molecule has 2 rings (SSSR count). The zero-order chi connectivity index (χ0) is 13.7. The monoisotopic (exact) mass is 276 g/mol. The summed E-state index contributed by atoms with van der Waals surface area (Å²) >= 11 is 1.69. The van der Waals surface area contributed by atoms with E-state index in [9.17, 15) is 5.11 Å². The van der Waals surface area contributed by atoms with Crippen LogP contribution in [-0.4, -0.2) is 16.6 Å². The second-order valence-corrected chi connectivity index (χ2v) is 5.77. The van der Waals surface area contributed by atoms with E-state index in [2.05, 4.69) is 22.6 Å². The van der Waals surface area contributed by atoms with E-state index < -0.39 is 5.60 Å². The van der Waals surface area contributed by atoms with Crippen LogP contribution in [0.3, 0.4) is 0 Å². The quantitative estimate of drug-likeness (QED) is 0.852. The van der Waals surface area contributed by atoms with Crippen LogP contribution in [0.2, 0.25) is 0 Å². The molecular weight excluding hydrogens is 256 g/mol. The summed E-state index contributed by atoms with van der Waals surface area (Å²) in [6.07, 6.45) is 0.979. The van der Waals surface area contributed by atoms with Gasteiger partial charge in [0, 0.05) is 18.5 Å². The molecule has 0 fully saturated rings. The summed E-state index contributed by atoms with van der Waals surface area (Å²) in [6.45, 7) is 5.14. The number of rotatable bonds is 6. The van der Waals surface area contributed by atoms with Crippen molar-refractivity contribution in [1.29, 1.82) is 0 Å². The van der Waals surface area contributed by atoms with Crippen molar-refractivity contribution in [1.82, 2.24) is 10.3 Å². The minimum atomic E-state index is -0.856. The average Bonchev–Trinajstić information content (AvgIpc) is 2.87. The molecule has 0 amide bonds. The zero-order valence-electron chi connectivity index (χ0n) is 11.4. The van der Waals surface area contributed by atoms with E-state index in [-0.39, 0.29) is 0 Å². The number of aliphatic hydroxyl groups is 1. The Bertz CT molecular complexity index is 508. The van der Waals surface area contributed by atoms with Crippen LogP contribution >= 0.6 is 11.3 Å². The summed E-state index contributed by atoms with van der Waals surface area (Å²) in [7, 11) is 0. The van der Waals surface area contributed by atoms with Crippen molar-refractivity contribution in [2.24, 2.45) is 0 Å². The minimum absolute atomic E-state index is 0.510. The molecule has 4 heteroatoms. The lowest BCUT2D eigenvalue weighted by Crippen LogP contribution is -2.35. The zero-order valence-corrected chi connectivity index (χ0v) is 12.2. The van der Waals surface area contributed by atoms with E-state index >= 15 is 0 Å². The van der Waals surface area contributed by atoms with Crippen LogP contribution in [0.5, 0.6) is 0 Å². The molecule has 0 aliphatic carbocycles. The Labute approximate surface area is 118 Å². The maximum Gasteiger partial charge on any atom is 0.0992 e. The topological polar surface area (TPSA) is 45.2 Å². The van der Waals surface area contributed by atoms with Crippen LogP contribution in [0.15, 0.2) is 35.7 Å². The van der Waals surface area contributed by atoms with Gasteiger partial charge in [-0.2, -0.15) is 0 Å². The summed E-state index contributed by atoms with van der Waals surface area (Å²) in [6, 6.07) is 9.73. The molecule has 102 valence electrons. The van der Waals surface area contributed by atoms with Gasteiger partial charge in [-0.25, -0.2) is 4.98 Å². The van der Waals surface area contributed by atoms with Crippen molar-refractivity contribution in [3.05, 3.63) is 52.0 Å². The van der Waals surface area contributed by atoms with Gasteiger partial charge in [0.2, 0.25) is 0 Å². The molecule has 0 aliphatic heterocycles. The van der Waals surface area contributed by atoms with Gasteiger partial charge in [0.05, 0.1) is 16.3 Å². The molecule has 2 aromatic rings. The third-order valence-electron chi connectivity index (χ3n) is 3.07. The molecule has 0 saturated carbocycles. The summed E-state index contributed by atoms with van der Waals surface area (Å²) < 4.78 is 0. The number of hydrogen-bond donors (Lipinski definition) is 2. The van der Waals surface area contributed by atoms with Gasteiger partial charge in [0.25, 0.3) is 0 Å². The first-order valence-corrected chi connectivity index (χ1v) is 7.41. The van der Waals surface area contributed by atoms with Crippen molar-refractivity contribution >= 4 is 11.3 Å². The molecule has 0 spiro atoms. The van der Waals surface area contributed by atoms with Gasteiger partial charge in [0.15, 0.2) is 0 Å². The van der Waals surface area contributed by atoms with Crippen molar-refractivity contribution in [3.63, 3.8) is 0 Å². The van der Waals surface area contributed by atoms with Crippen molar-refractivity contribution < 1.29 is 5.11 Å². The fraction of sp³-hybridized carbons (Fsp3) is 0.400. The van der Waals surface area contributed by atoms with Crippen molar-refractivity contribution in [2.75, 3.05) is 6.54 Å². The smallest absolute Gasteiger partial charge is 0.0992 e. The highest BCUT2D eigenvalue weighted by molar-refractivity contribution is 7.09. The first kappa shape index (κ1) is 14.2. The van der Waals surface area contributed by atoms with E-state index in [1.165, 1.54) is 0 Å². The van der Waals surface area contributed by atoms with Gasteiger partial charge >= 0.3 is 0 Å². The predicted octanol–water partition coefficient (Wildman–Crippen LogP) is 2.70. The van der Waals surface area contributed by atoms with Gasteiger partial charge in [-0.3, -0.25) is 0 Å². The molecule has 1 aromatic heterocycles. The molecule has 1 unspecified atom stereocenters. The Balaban J connectivity index is 1.88. The highest BCUT2D eigenvalue weighted by Gasteiger charge is 2.22. The molecule has 1 aromatic carbocycles. The highest BCUT2D eigenvalue weighted by atomic mass is 32.1. The fourth-order valence-electron chi connectivity index (χ4n) is 1.93. The van der Waals surface area contributed by atoms with E-state index in [0.29, 0.717) is 13.1 Å². The van der Waals surface area contributed by atoms with Crippen LogP contribution in [0.4, 0.5) is 0 Å². The Kier molecular flexibility index (Phi) is 4.69. The van der Waals surface area contributed by atoms with E-state index in [0.717, 1.165) is 22.7 Å². The maximum absolute atomic E-state index is 10.4. The van der Waals surface area contributed by atoms with Crippen molar-refractivity contribution in [3.8, 4) is 0 Å². The Morgan fingerprint density at radius 1 is 1.32 bits per heavy atom. The number of benzene rings is 1. The molecule has 0 radical (unpaired) electrons. The molecule has 1 atom stereocenters. The first-order valence-electron chi connectivity index (χ1n) is 6.53. The van der Waals surface area contributed by atoms with E-state index in [1.807, 2.05) is 37.3 Å². The number of aryl methyl sites for hydroxylation is 1. The van der Waals surface area contributed by atoms with Gasteiger partial charge in [0.1, 0.15) is 0 Å². The lowest BCUT2D eigenvalue weighted by atomic mass is 9.96. The fourth-order valence-corrected chi connectivity index (χ4v) is 2.67. The first-order chi connectivity index (χ1) is 9.12. The van der Waals surface area contributed by atoms with Crippen LogP contribution in [-0.2, 0) is 18.6 Å². The van der Waals surface area contributed by atoms with Crippen LogP contribution in [0, 0.1) is 0 Å². The van der Waals surface area contributed by atoms with Gasteiger partial charge in [-0.1, -0.05) is 37.3 Å². The maximum atomic E-state index is 10.4. The normalized spacial score (nSPS) is 14.3. The largest absolute Gasteiger partial charge is 0.384 e. The summed E-state index contributed by atoms with van der Waals surface area (Å²) in [5.41, 5.74) is 1.12. The second-order valence-electron chi connectivity index (χ2n) is 4.83. The van der Waals surface area contributed by atoms with E-state index in [4.69, 9.17) is 0 Å². The summed E-state index contributed by atoms with van der Waals surface area (Å²) in [5, 5.41) is 16.9. The summed E-state index contributed by atoms with van der Waals surface area (Å²) in [5.74, 6) is 0. The third-order valence-corrected chi connectivity index (χ3v) is 4.11. The van der Waals surface area contributed by atoms with Crippen LogP contribution in [0.25, 0.3) is 0 Å². The molecular formula is C15H20N2OS. The number of hydrogen-bond acceptors (Lipinski definition) is 4.